The Morgan fingerprint density at radius 2 is 2.27 bits per heavy atom. The van der Waals surface area contributed by atoms with Gasteiger partial charge in [0.15, 0.2) is 0 Å². The van der Waals surface area contributed by atoms with Crippen LogP contribution in [0.15, 0.2) is 36.9 Å². The van der Waals surface area contributed by atoms with Crippen LogP contribution in [-0.4, -0.2) is 44.4 Å². The van der Waals surface area contributed by atoms with Crippen LogP contribution < -0.4 is 10.2 Å². The summed E-state index contributed by atoms with van der Waals surface area (Å²) in [5, 5.41) is 19.1. The van der Waals surface area contributed by atoms with E-state index in [4.69, 9.17) is 0 Å². The first-order valence-electron chi connectivity index (χ1n) is 8.11. The third-order valence-electron chi connectivity index (χ3n) is 4.12. The van der Waals surface area contributed by atoms with Gasteiger partial charge in [-0.05, 0) is 18.6 Å². The van der Waals surface area contributed by atoms with Crippen LogP contribution in [0.3, 0.4) is 0 Å². The first-order valence-corrected chi connectivity index (χ1v) is 8.11. The molecular weight excluding hydrogens is 335 g/mol. The Balaban J connectivity index is 1.63. The molecule has 0 amide bonds. The van der Waals surface area contributed by atoms with Crippen molar-refractivity contribution in [2.75, 3.05) is 23.3 Å². The number of alkyl halides is 1. The average Bonchev–Trinajstić information content (AvgIpc) is 3.33. The lowest BCUT2D eigenvalue weighted by atomic mass is 10.1. The lowest BCUT2D eigenvalue weighted by Gasteiger charge is -2.18. The number of hydrogen-bond acceptors (Lipinski definition) is 7. The highest BCUT2D eigenvalue weighted by Crippen LogP contribution is 2.27. The highest BCUT2D eigenvalue weighted by molar-refractivity contribution is 5.67. The lowest BCUT2D eigenvalue weighted by molar-refractivity contribution is 0.364. The van der Waals surface area contributed by atoms with Crippen molar-refractivity contribution in [3.8, 4) is 17.3 Å². The van der Waals surface area contributed by atoms with Gasteiger partial charge in [0.05, 0.1) is 29.7 Å². The van der Waals surface area contributed by atoms with Gasteiger partial charge in [-0.15, -0.1) is 0 Å². The highest BCUT2D eigenvalue weighted by Gasteiger charge is 2.25. The molecule has 0 bridgehead atoms. The standard InChI is InChI=1S/C17H15FN8/c18-13-2-4-26(10-13)16-11(6-19)5-12(7-21-16)15-1-3-20-17(25-15)24-14-8-22-23-9-14/h1,3,5,7-9,13H,2,4,10H2,(H,22,23)(H,20,24,25). The lowest BCUT2D eigenvalue weighted by Crippen LogP contribution is -2.22. The summed E-state index contributed by atoms with van der Waals surface area (Å²) in [6, 6.07) is 5.61. The number of nitriles is 1. The van der Waals surface area contributed by atoms with Crippen molar-refractivity contribution in [2.45, 2.75) is 12.6 Å². The Bertz CT molecular complexity index is 950. The maximum atomic E-state index is 13.5. The number of rotatable bonds is 4. The summed E-state index contributed by atoms with van der Waals surface area (Å²) >= 11 is 0. The number of nitrogens with one attached hydrogen (secondary N) is 2. The minimum Gasteiger partial charge on any atom is -0.352 e. The minimum absolute atomic E-state index is 0.271. The molecule has 8 nitrogen and oxygen atoms in total. The highest BCUT2D eigenvalue weighted by atomic mass is 19.1. The number of aromatic amines is 1. The Morgan fingerprint density at radius 3 is 3.00 bits per heavy atom. The number of pyridine rings is 1. The maximum absolute atomic E-state index is 13.5. The molecule has 1 aliphatic heterocycles. The van der Waals surface area contributed by atoms with Crippen molar-refractivity contribution in [2.24, 2.45) is 0 Å². The van der Waals surface area contributed by atoms with E-state index in [1.54, 1.807) is 41.8 Å². The molecule has 1 atom stereocenters. The minimum atomic E-state index is -0.874. The summed E-state index contributed by atoms with van der Waals surface area (Å²) in [6.07, 6.45) is 6.16. The van der Waals surface area contributed by atoms with Gasteiger partial charge in [0.1, 0.15) is 18.1 Å². The Labute approximate surface area is 148 Å². The second-order valence-corrected chi connectivity index (χ2v) is 5.92. The Kier molecular flexibility index (Phi) is 4.15. The van der Waals surface area contributed by atoms with Crippen LogP contribution >= 0.6 is 0 Å². The molecule has 3 aromatic heterocycles. The second kappa shape index (κ2) is 6.76. The van der Waals surface area contributed by atoms with Crippen LogP contribution in [-0.2, 0) is 0 Å². The number of nitrogens with zero attached hydrogens (tertiary/aromatic N) is 6. The molecular formula is C17H15FN8. The van der Waals surface area contributed by atoms with Gasteiger partial charge in [-0.1, -0.05) is 0 Å². The molecule has 0 spiro atoms. The van der Waals surface area contributed by atoms with Gasteiger partial charge in [0, 0.05) is 30.7 Å². The summed E-state index contributed by atoms with van der Waals surface area (Å²) in [7, 11) is 0. The number of H-pyrrole nitrogens is 1. The van der Waals surface area contributed by atoms with E-state index in [0.717, 1.165) is 5.69 Å². The molecule has 0 aliphatic carbocycles. The van der Waals surface area contributed by atoms with Gasteiger partial charge >= 0.3 is 0 Å². The van der Waals surface area contributed by atoms with Gasteiger partial charge in [0.2, 0.25) is 5.95 Å². The molecule has 1 aliphatic rings. The average molecular weight is 350 g/mol. The van der Waals surface area contributed by atoms with Crippen molar-refractivity contribution in [1.29, 1.82) is 5.26 Å². The van der Waals surface area contributed by atoms with E-state index in [9.17, 15) is 9.65 Å². The predicted octanol–water partition coefficient (Wildman–Crippen LogP) is 2.43. The first-order chi connectivity index (χ1) is 12.7. The number of aromatic nitrogens is 5. The fourth-order valence-electron chi connectivity index (χ4n) is 2.87. The summed E-state index contributed by atoms with van der Waals surface area (Å²) in [5.74, 6) is 0.925. The van der Waals surface area contributed by atoms with E-state index in [0.29, 0.717) is 41.6 Å². The van der Waals surface area contributed by atoms with Crippen molar-refractivity contribution in [3.05, 3.63) is 42.5 Å². The monoisotopic (exact) mass is 350 g/mol. The molecule has 0 radical (unpaired) electrons. The number of hydrogen-bond donors (Lipinski definition) is 2. The third kappa shape index (κ3) is 3.17. The van der Waals surface area contributed by atoms with Gasteiger partial charge < -0.3 is 10.2 Å². The number of halogens is 1. The fourth-order valence-corrected chi connectivity index (χ4v) is 2.87. The van der Waals surface area contributed by atoms with Crippen LogP contribution in [0.1, 0.15) is 12.0 Å². The quantitative estimate of drug-likeness (QED) is 0.744. The summed E-state index contributed by atoms with van der Waals surface area (Å²) in [6.45, 7) is 0.835. The molecule has 9 heteroatoms. The van der Waals surface area contributed by atoms with Crippen molar-refractivity contribution < 1.29 is 4.39 Å². The maximum Gasteiger partial charge on any atom is 0.227 e. The molecule has 1 fully saturated rings. The van der Waals surface area contributed by atoms with Crippen molar-refractivity contribution in [1.82, 2.24) is 25.1 Å². The van der Waals surface area contributed by atoms with Crippen LogP contribution in [0.2, 0.25) is 0 Å². The van der Waals surface area contributed by atoms with Gasteiger partial charge in [-0.25, -0.2) is 19.3 Å². The summed E-state index contributed by atoms with van der Waals surface area (Å²) < 4.78 is 13.5. The van der Waals surface area contributed by atoms with Gasteiger partial charge in [0.25, 0.3) is 0 Å². The summed E-state index contributed by atoms with van der Waals surface area (Å²) in [4.78, 5) is 14.8. The molecule has 26 heavy (non-hydrogen) atoms. The van der Waals surface area contributed by atoms with Crippen LogP contribution in [0, 0.1) is 11.3 Å². The fraction of sp³-hybridized carbons (Fsp3) is 0.235. The van der Waals surface area contributed by atoms with Crippen LogP contribution in [0.5, 0.6) is 0 Å². The van der Waals surface area contributed by atoms with E-state index < -0.39 is 6.17 Å². The number of anilines is 3. The molecule has 0 aromatic carbocycles. The van der Waals surface area contributed by atoms with E-state index in [2.05, 4.69) is 36.5 Å². The topological polar surface area (TPSA) is 106 Å². The normalized spacial score (nSPS) is 16.5. The molecule has 0 saturated carbocycles. The molecule has 130 valence electrons. The van der Waals surface area contributed by atoms with Crippen molar-refractivity contribution in [3.63, 3.8) is 0 Å². The zero-order valence-electron chi connectivity index (χ0n) is 13.7. The zero-order valence-corrected chi connectivity index (χ0v) is 13.7. The van der Waals surface area contributed by atoms with E-state index >= 15 is 0 Å². The summed E-state index contributed by atoms with van der Waals surface area (Å²) in [5.41, 5.74) is 2.47. The van der Waals surface area contributed by atoms with E-state index in [1.807, 2.05) is 0 Å². The molecule has 4 heterocycles. The van der Waals surface area contributed by atoms with E-state index in [1.165, 1.54) is 0 Å². The predicted molar refractivity (Wildman–Crippen MR) is 93.6 cm³/mol. The Hall–Kier alpha value is -3.54. The molecule has 1 saturated heterocycles. The molecule has 2 N–H and O–H groups in total. The van der Waals surface area contributed by atoms with Crippen molar-refractivity contribution >= 4 is 17.5 Å². The molecule has 3 aromatic rings. The Morgan fingerprint density at radius 1 is 1.35 bits per heavy atom. The second-order valence-electron chi connectivity index (χ2n) is 5.92. The van der Waals surface area contributed by atoms with Gasteiger partial charge in [-0.2, -0.15) is 10.4 Å². The molecule has 1 unspecified atom stereocenters. The first kappa shape index (κ1) is 16.0. The third-order valence-corrected chi connectivity index (χ3v) is 4.12. The van der Waals surface area contributed by atoms with E-state index in [-0.39, 0.29) is 6.54 Å². The van der Waals surface area contributed by atoms with Crippen LogP contribution in [0.25, 0.3) is 11.3 Å². The largest absolute Gasteiger partial charge is 0.352 e. The smallest absolute Gasteiger partial charge is 0.227 e. The SMILES string of the molecule is N#Cc1cc(-c2ccnc(Nc3cn[nH]c3)n2)cnc1N1CCC(F)C1. The van der Waals surface area contributed by atoms with Crippen LogP contribution in [0.4, 0.5) is 21.8 Å². The zero-order chi connectivity index (χ0) is 17.9. The molecule has 4 rings (SSSR count). The van der Waals surface area contributed by atoms with Gasteiger partial charge in [-0.3, -0.25) is 5.10 Å².